The molecule has 0 aliphatic carbocycles. The summed E-state index contributed by atoms with van der Waals surface area (Å²) in [6.07, 6.45) is 2.33. The van der Waals surface area contributed by atoms with Crippen LogP contribution in [-0.2, 0) is 24.0 Å². The van der Waals surface area contributed by atoms with Crippen LogP contribution in [0.3, 0.4) is 0 Å². The van der Waals surface area contributed by atoms with Crippen molar-refractivity contribution in [2.45, 2.75) is 64.3 Å². The number of aryl methyl sites for hydroxylation is 2. The Morgan fingerprint density at radius 1 is 1.04 bits per heavy atom. The Labute approximate surface area is 167 Å². The summed E-state index contributed by atoms with van der Waals surface area (Å²) in [6, 6.07) is 15.0. The first-order valence-corrected chi connectivity index (χ1v) is 10.2. The molecule has 2 N–H and O–H groups in total. The van der Waals surface area contributed by atoms with Crippen molar-refractivity contribution in [2.75, 3.05) is 6.61 Å². The molecule has 2 aromatic rings. The summed E-state index contributed by atoms with van der Waals surface area (Å²) in [6.45, 7) is 4.09. The van der Waals surface area contributed by atoms with Crippen LogP contribution in [-0.4, -0.2) is 29.0 Å². The minimum atomic E-state index is -0.485. The van der Waals surface area contributed by atoms with E-state index in [-0.39, 0.29) is 18.8 Å². The molecule has 0 spiro atoms. The number of ether oxygens (including phenoxy) is 1. The van der Waals surface area contributed by atoms with E-state index in [1.54, 1.807) is 0 Å². The lowest BCUT2D eigenvalue weighted by Gasteiger charge is -2.33. The van der Waals surface area contributed by atoms with Crippen molar-refractivity contribution in [3.05, 3.63) is 69.8 Å². The highest BCUT2D eigenvalue weighted by Gasteiger charge is 2.29. The second-order valence-electron chi connectivity index (χ2n) is 7.58. The molecule has 0 bridgehead atoms. The van der Waals surface area contributed by atoms with Crippen molar-refractivity contribution in [2.24, 2.45) is 0 Å². The SMILES string of the molecule is CCc1ccc(Cc2cc([C@H]3C[C@@H](O)C[C@@H](CO)O3)cc(CC)c2C#N)cc1. The van der Waals surface area contributed by atoms with Crippen molar-refractivity contribution in [3.8, 4) is 6.07 Å². The normalized spacial score (nSPS) is 22.0. The fourth-order valence-electron chi connectivity index (χ4n) is 3.98. The van der Waals surface area contributed by atoms with E-state index >= 15 is 0 Å². The number of benzene rings is 2. The predicted molar refractivity (Wildman–Crippen MR) is 109 cm³/mol. The lowest BCUT2D eigenvalue weighted by atomic mass is 9.88. The van der Waals surface area contributed by atoms with Gasteiger partial charge in [0.25, 0.3) is 0 Å². The molecular weight excluding hydrogens is 350 g/mol. The minimum absolute atomic E-state index is 0.0961. The molecule has 1 saturated heterocycles. The molecule has 28 heavy (non-hydrogen) atoms. The van der Waals surface area contributed by atoms with E-state index in [9.17, 15) is 15.5 Å². The number of hydrogen-bond acceptors (Lipinski definition) is 4. The van der Waals surface area contributed by atoms with E-state index in [2.05, 4.69) is 37.3 Å². The summed E-state index contributed by atoms with van der Waals surface area (Å²) in [4.78, 5) is 0. The van der Waals surface area contributed by atoms with Gasteiger partial charge in [-0.3, -0.25) is 0 Å². The third-order valence-corrected chi connectivity index (χ3v) is 5.60. The highest BCUT2D eigenvalue weighted by molar-refractivity contribution is 5.49. The zero-order valence-electron chi connectivity index (χ0n) is 16.7. The van der Waals surface area contributed by atoms with Gasteiger partial charge in [0.15, 0.2) is 0 Å². The molecule has 4 nitrogen and oxygen atoms in total. The molecule has 0 unspecified atom stereocenters. The van der Waals surface area contributed by atoms with Crippen molar-refractivity contribution < 1.29 is 14.9 Å². The van der Waals surface area contributed by atoms with Crippen LogP contribution < -0.4 is 0 Å². The molecule has 1 heterocycles. The van der Waals surface area contributed by atoms with Crippen LogP contribution in [0.15, 0.2) is 36.4 Å². The van der Waals surface area contributed by atoms with Gasteiger partial charge in [0.1, 0.15) is 0 Å². The van der Waals surface area contributed by atoms with E-state index in [1.807, 2.05) is 19.1 Å². The molecule has 0 radical (unpaired) electrons. The van der Waals surface area contributed by atoms with Crippen LogP contribution in [0, 0.1) is 11.3 Å². The third kappa shape index (κ3) is 4.62. The second-order valence-corrected chi connectivity index (χ2v) is 7.58. The van der Waals surface area contributed by atoms with Crippen LogP contribution in [0.1, 0.15) is 66.2 Å². The highest BCUT2D eigenvalue weighted by Crippen LogP contribution is 2.34. The minimum Gasteiger partial charge on any atom is -0.394 e. The predicted octanol–water partition coefficient (Wildman–Crippen LogP) is 3.85. The Kier molecular flexibility index (Phi) is 6.85. The van der Waals surface area contributed by atoms with E-state index in [4.69, 9.17) is 4.74 Å². The Balaban J connectivity index is 1.96. The molecule has 1 fully saturated rings. The average Bonchev–Trinajstić information content (AvgIpc) is 2.73. The van der Waals surface area contributed by atoms with Crippen LogP contribution in [0.2, 0.25) is 0 Å². The van der Waals surface area contributed by atoms with Crippen LogP contribution in [0.4, 0.5) is 0 Å². The fourth-order valence-corrected chi connectivity index (χ4v) is 3.98. The zero-order valence-corrected chi connectivity index (χ0v) is 16.7. The van der Waals surface area contributed by atoms with Crippen LogP contribution in [0.25, 0.3) is 0 Å². The van der Waals surface area contributed by atoms with Gasteiger partial charge in [-0.15, -0.1) is 0 Å². The number of nitriles is 1. The van der Waals surface area contributed by atoms with Gasteiger partial charge >= 0.3 is 0 Å². The van der Waals surface area contributed by atoms with Gasteiger partial charge in [-0.05, 0) is 47.1 Å². The van der Waals surface area contributed by atoms with E-state index in [0.717, 1.165) is 35.1 Å². The summed E-state index contributed by atoms with van der Waals surface area (Å²) in [5, 5.41) is 29.4. The Bertz CT molecular complexity index is 838. The van der Waals surface area contributed by atoms with Gasteiger partial charge in [0, 0.05) is 12.8 Å². The monoisotopic (exact) mass is 379 g/mol. The number of nitrogens with zero attached hydrogens (tertiary/aromatic N) is 1. The van der Waals surface area contributed by atoms with E-state index in [0.29, 0.717) is 19.3 Å². The largest absolute Gasteiger partial charge is 0.394 e. The molecule has 3 rings (SSSR count). The Morgan fingerprint density at radius 2 is 1.71 bits per heavy atom. The smallest absolute Gasteiger partial charge is 0.0997 e. The van der Waals surface area contributed by atoms with Gasteiger partial charge in [-0.25, -0.2) is 0 Å². The number of aliphatic hydroxyl groups is 2. The zero-order chi connectivity index (χ0) is 20.1. The van der Waals surface area contributed by atoms with Gasteiger partial charge in [-0.1, -0.05) is 50.2 Å². The summed E-state index contributed by atoms with van der Waals surface area (Å²) in [5.74, 6) is 0. The molecule has 1 aliphatic heterocycles. The molecular formula is C24H29NO3. The first-order chi connectivity index (χ1) is 13.6. The van der Waals surface area contributed by atoms with Gasteiger partial charge in [-0.2, -0.15) is 5.26 Å². The maximum atomic E-state index is 10.2. The van der Waals surface area contributed by atoms with Crippen molar-refractivity contribution in [1.82, 2.24) is 0 Å². The first kappa shape index (κ1) is 20.5. The van der Waals surface area contributed by atoms with Gasteiger partial charge < -0.3 is 14.9 Å². The molecule has 2 aromatic carbocycles. The second kappa shape index (κ2) is 9.34. The first-order valence-electron chi connectivity index (χ1n) is 10.2. The average molecular weight is 380 g/mol. The number of rotatable bonds is 6. The molecule has 0 amide bonds. The molecule has 148 valence electrons. The van der Waals surface area contributed by atoms with E-state index < -0.39 is 6.10 Å². The molecule has 0 saturated carbocycles. The molecule has 4 heteroatoms. The topological polar surface area (TPSA) is 73.5 Å². The van der Waals surface area contributed by atoms with Crippen molar-refractivity contribution >= 4 is 0 Å². The number of hydrogen-bond donors (Lipinski definition) is 2. The third-order valence-electron chi connectivity index (χ3n) is 5.60. The van der Waals surface area contributed by atoms with E-state index in [1.165, 1.54) is 11.1 Å². The maximum Gasteiger partial charge on any atom is 0.0997 e. The Hall–Kier alpha value is -2.19. The quantitative estimate of drug-likeness (QED) is 0.800. The van der Waals surface area contributed by atoms with Crippen molar-refractivity contribution in [1.29, 1.82) is 5.26 Å². The molecule has 3 atom stereocenters. The lowest BCUT2D eigenvalue weighted by Crippen LogP contribution is -2.33. The summed E-state index contributed by atoms with van der Waals surface area (Å²) >= 11 is 0. The van der Waals surface area contributed by atoms with Gasteiger partial charge in [0.05, 0.1) is 36.6 Å². The Morgan fingerprint density at radius 3 is 2.32 bits per heavy atom. The molecule has 1 aliphatic rings. The maximum absolute atomic E-state index is 10.2. The standard InChI is InChI=1S/C24H29NO3/c1-3-16-5-7-17(8-6-16)9-19-11-20(10-18(4-2)23(19)14-25)24-13-21(27)12-22(15-26)28-24/h5-8,10-11,21-22,24,26-27H,3-4,9,12-13,15H2,1-2H3/t21-,22-,24+/m0/s1. The highest BCUT2D eigenvalue weighted by atomic mass is 16.5. The summed E-state index contributed by atoms with van der Waals surface area (Å²) < 4.78 is 6.01. The lowest BCUT2D eigenvalue weighted by molar-refractivity contribution is -0.113. The molecule has 0 aromatic heterocycles. The van der Waals surface area contributed by atoms with Gasteiger partial charge in [0.2, 0.25) is 0 Å². The van der Waals surface area contributed by atoms with Crippen molar-refractivity contribution in [3.63, 3.8) is 0 Å². The summed E-state index contributed by atoms with van der Waals surface area (Å²) in [5.41, 5.74) is 6.18. The number of aliphatic hydroxyl groups excluding tert-OH is 2. The fraction of sp³-hybridized carbons (Fsp3) is 0.458. The van der Waals surface area contributed by atoms with Crippen LogP contribution in [0.5, 0.6) is 0 Å². The summed E-state index contributed by atoms with van der Waals surface area (Å²) in [7, 11) is 0. The van der Waals surface area contributed by atoms with Crippen LogP contribution >= 0.6 is 0 Å².